The molecule has 0 radical (unpaired) electrons. The summed E-state index contributed by atoms with van der Waals surface area (Å²) in [6.07, 6.45) is 50.0. The molecule has 0 heterocycles. The molecule has 0 aliphatic carbocycles. The van der Waals surface area contributed by atoms with Crippen molar-refractivity contribution in [1.29, 1.82) is 0 Å². The van der Waals surface area contributed by atoms with Crippen LogP contribution in [0, 0.1) is 0 Å². The van der Waals surface area contributed by atoms with Crippen LogP contribution < -0.4 is 0 Å². The first-order valence-electron chi connectivity index (χ1n) is 26.3. The number of likely N-dealkylation sites (N-methyl/N-ethyl adjacent to an activating group) is 1. The third kappa shape index (κ3) is 48.5. The molecule has 1 unspecified atom stereocenters. The number of ether oxygens (including phenoxy) is 2. The Kier molecular flexibility index (Phi) is 44.7. The number of hydrogen-bond acceptors (Lipinski definition) is 6. The monoisotopic (exact) mass is 875 g/mol. The molecule has 360 valence electrons. The lowest BCUT2D eigenvalue weighted by molar-refractivity contribution is -0.870. The van der Waals surface area contributed by atoms with Crippen molar-refractivity contribution in [3.63, 3.8) is 0 Å². The van der Waals surface area contributed by atoms with Crippen molar-refractivity contribution in [2.45, 2.75) is 270 Å². The Labute approximate surface area is 374 Å². The molecular weight excluding hydrogens is 770 g/mol. The van der Waals surface area contributed by atoms with E-state index in [9.17, 15) is 14.3 Å². The number of phosphoric acid groups is 1. The molecule has 0 aromatic rings. The minimum absolute atomic E-state index is 0.0942. The van der Waals surface area contributed by atoms with Crippen LogP contribution in [0.1, 0.15) is 264 Å². The predicted molar refractivity (Wildman–Crippen MR) is 257 cm³/mol. The summed E-state index contributed by atoms with van der Waals surface area (Å²) in [4.78, 5) is 23.0. The predicted octanol–water partition coefficient (Wildman–Crippen LogP) is 16.0. The van der Waals surface area contributed by atoms with E-state index in [0.29, 0.717) is 24.1 Å². The fourth-order valence-electron chi connectivity index (χ4n) is 7.85. The zero-order valence-electron chi connectivity index (χ0n) is 41.0. The van der Waals surface area contributed by atoms with Gasteiger partial charge in [0.15, 0.2) is 0 Å². The van der Waals surface area contributed by atoms with Crippen LogP contribution in [-0.4, -0.2) is 75.6 Å². The highest BCUT2D eigenvalue weighted by Gasteiger charge is 2.26. The summed E-state index contributed by atoms with van der Waals surface area (Å²) in [5, 5.41) is 0. The average molecular weight is 875 g/mol. The Morgan fingerprint density at radius 3 is 1.10 bits per heavy atom. The lowest BCUT2D eigenvalue weighted by atomic mass is 10.0. The zero-order chi connectivity index (χ0) is 44.1. The number of carbonyl (C=O) groups excluding carboxylic acids is 1. The largest absolute Gasteiger partial charge is 0.472 e. The molecule has 0 saturated heterocycles. The molecule has 2 atom stereocenters. The number of rotatable bonds is 50. The van der Waals surface area contributed by atoms with Gasteiger partial charge in [0.05, 0.1) is 34.4 Å². The number of quaternary nitrogens is 1. The molecule has 60 heavy (non-hydrogen) atoms. The van der Waals surface area contributed by atoms with Crippen LogP contribution >= 0.6 is 7.82 Å². The number of nitrogens with zero attached hydrogens (tertiary/aromatic N) is 1. The van der Waals surface area contributed by atoms with Gasteiger partial charge in [0, 0.05) is 13.0 Å². The quantitative estimate of drug-likeness (QED) is 0.0282. The SMILES string of the molecule is CCCCCCCCCCCCCCCCCCCCCCCCC(=O)O[C@H](COCCCCCCCCCCCCCCCCCC)COP(=O)(O)OCC[N+](C)(C)C. The highest BCUT2D eigenvalue weighted by Crippen LogP contribution is 2.43. The summed E-state index contributed by atoms with van der Waals surface area (Å²) in [7, 11) is 1.69. The van der Waals surface area contributed by atoms with E-state index in [2.05, 4.69) is 13.8 Å². The van der Waals surface area contributed by atoms with Crippen molar-refractivity contribution < 1.29 is 37.3 Å². The van der Waals surface area contributed by atoms with Crippen molar-refractivity contribution in [1.82, 2.24) is 0 Å². The minimum Gasteiger partial charge on any atom is -0.457 e. The maximum Gasteiger partial charge on any atom is 0.472 e. The van der Waals surface area contributed by atoms with E-state index < -0.39 is 13.9 Å². The normalized spacial score (nSPS) is 13.5. The number of esters is 1. The molecule has 0 spiro atoms. The molecule has 9 heteroatoms. The van der Waals surface area contributed by atoms with Gasteiger partial charge in [0.2, 0.25) is 0 Å². The topological polar surface area (TPSA) is 91.3 Å². The Morgan fingerprint density at radius 1 is 0.450 bits per heavy atom. The number of unbranched alkanes of at least 4 members (excludes halogenated alkanes) is 36. The fraction of sp³-hybridized carbons (Fsp3) is 0.980. The second-order valence-electron chi connectivity index (χ2n) is 19.3. The van der Waals surface area contributed by atoms with E-state index in [-0.39, 0.29) is 25.8 Å². The molecule has 0 saturated carbocycles. The van der Waals surface area contributed by atoms with Crippen LogP contribution in [0.5, 0.6) is 0 Å². The van der Waals surface area contributed by atoms with Crippen LogP contribution in [0.3, 0.4) is 0 Å². The number of hydrogen-bond donors (Lipinski definition) is 1. The molecule has 0 bridgehead atoms. The molecule has 0 fully saturated rings. The van der Waals surface area contributed by atoms with Crippen LogP contribution in [0.15, 0.2) is 0 Å². The van der Waals surface area contributed by atoms with Crippen LogP contribution in [0.4, 0.5) is 0 Å². The molecule has 0 aliphatic heterocycles. The number of carbonyl (C=O) groups is 1. The maximum atomic E-state index is 12.8. The first kappa shape index (κ1) is 59.5. The van der Waals surface area contributed by atoms with Gasteiger partial charge in [0.1, 0.15) is 19.3 Å². The van der Waals surface area contributed by atoms with Crippen molar-refractivity contribution in [3.05, 3.63) is 0 Å². The van der Waals surface area contributed by atoms with Gasteiger partial charge in [-0.2, -0.15) is 0 Å². The minimum atomic E-state index is -4.27. The second-order valence-corrected chi connectivity index (χ2v) is 20.7. The van der Waals surface area contributed by atoms with Gasteiger partial charge < -0.3 is 18.9 Å². The highest BCUT2D eigenvalue weighted by atomic mass is 31.2. The van der Waals surface area contributed by atoms with Crippen molar-refractivity contribution in [2.24, 2.45) is 0 Å². The number of phosphoric ester groups is 1. The smallest absolute Gasteiger partial charge is 0.457 e. The van der Waals surface area contributed by atoms with Gasteiger partial charge in [0.25, 0.3) is 0 Å². The Hall–Kier alpha value is -0.500. The second kappa shape index (κ2) is 45.1. The van der Waals surface area contributed by atoms with E-state index in [1.807, 2.05) is 21.1 Å². The van der Waals surface area contributed by atoms with Gasteiger partial charge in [-0.1, -0.05) is 245 Å². The molecule has 0 amide bonds. The van der Waals surface area contributed by atoms with Crippen LogP contribution in [-0.2, 0) is 27.9 Å². The molecule has 1 N–H and O–H groups in total. The first-order chi connectivity index (χ1) is 29.1. The standard InChI is InChI=1S/C51H104NO7P/c1-6-8-10-12-14-16-18-20-22-24-25-26-27-28-29-30-32-34-36-38-40-42-44-51(53)59-50(49-58-60(54,55)57-47-45-52(3,4)5)48-56-46-43-41-39-37-35-33-31-23-21-19-17-15-13-11-9-7-2/h50H,6-49H2,1-5H3/p+1/t50-/m1/s1. The zero-order valence-corrected chi connectivity index (χ0v) is 41.9. The summed E-state index contributed by atoms with van der Waals surface area (Å²) < 4.78 is 35.2. The summed E-state index contributed by atoms with van der Waals surface area (Å²) >= 11 is 0. The van der Waals surface area contributed by atoms with Crippen molar-refractivity contribution >= 4 is 13.8 Å². The van der Waals surface area contributed by atoms with Gasteiger partial charge in [-0.25, -0.2) is 4.57 Å². The van der Waals surface area contributed by atoms with E-state index in [0.717, 1.165) is 32.1 Å². The Bertz CT molecular complexity index is 930. The molecule has 0 aliphatic rings. The fourth-order valence-corrected chi connectivity index (χ4v) is 8.59. The van der Waals surface area contributed by atoms with Gasteiger partial charge in [-0.3, -0.25) is 13.8 Å². The molecule has 0 aromatic heterocycles. The third-order valence-electron chi connectivity index (χ3n) is 11.9. The van der Waals surface area contributed by atoms with Crippen LogP contribution in [0.25, 0.3) is 0 Å². The lowest BCUT2D eigenvalue weighted by Crippen LogP contribution is -2.37. The van der Waals surface area contributed by atoms with Gasteiger partial charge >= 0.3 is 13.8 Å². The molecular formula is C51H105NO7P+. The maximum absolute atomic E-state index is 12.8. The summed E-state index contributed by atoms with van der Waals surface area (Å²) in [6, 6.07) is 0. The summed E-state index contributed by atoms with van der Waals surface area (Å²) in [5.74, 6) is -0.304. The van der Waals surface area contributed by atoms with Crippen molar-refractivity contribution in [3.8, 4) is 0 Å². The van der Waals surface area contributed by atoms with E-state index >= 15 is 0 Å². The average Bonchev–Trinajstić information content (AvgIpc) is 3.20. The third-order valence-corrected chi connectivity index (χ3v) is 12.9. The molecule has 0 rings (SSSR count). The van der Waals surface area contributed by atoms with Crippen molar-refractivity contribution in [2.75, 3.05) is 54.1 Å². The lowest BCUT2D eigenvalue weighted by Gasteiger charge is -2.24. The summed E-state index contributed by atoms with van der Waals surface area (Å²) in [5.41, 5.74) is 0. The highest BCUT2D eigenvalue weighted by molar-refractivity contribution is 7.47. The van der Waals surface area contributed by atoms with Crippen LogP contribution in [0.2, 0.25) is 0 Å². The Morgan fingerprint density at radius 2 is 0.767 bits per heavy atom. The van der Waals surface area contributed by atoms with E-state index in [1.54, 1.807) is 0 Å². The summed E-state index contributed by atoms with van der Waals surface area (Å²) in [6.45, 7) is 5.71. The molecule has 8 nitrogen and oxygen atoms in total. The van der Waals surface area contributed by atoms with E-state index in [4.69, 9.17) is 18.5 Å². The van der Waals surface area contributed by atoms with Gasteiger partial charge in [-0.15, -0.1) is 0 Å². The first-order valence-corrected chi connectivity index (χ1v) is 27.8. The Balaban J connectivity index is 4.05. The van der Waals surface area contributed by atoms with Gasteiger partial charge in [-0.05, 0) is 12.8 Å². The van der Waals surface area contributed by atoms with E-state index in [1.165, 1.54) is 212 Å². The molecule has 0 aromatic carbocycles.